The van der Waals surface area contributed by atoms with Crippen LogP contribution in [0.2, 0.25) is 0 Å². The van der Waals surface area contributed by atoms with Gasteiger partial charge >= 0.3 is 0 Å². The maximum absolute atomic E-state index is 11.2. The van der Waals surface area contributed by atoms with E-state index in [0.717, 1.165) is 12.1 Å². The first-order chi connectivity index (χ1) is 8.56. The summed E-state index contributed by atoms with van der Waals surface area (Å²) < 4.78 is 2.04. The molecular weight excluding hydrogens is 222 g/mol. The summed E-state index contributed by atoms with van der Waals surface area (Å²) in [6.45, 7) is 6.79. The lowest BCUT2D eigenvalue weighted by Gasteiger charge is -2.07. The van der Waals surface area contributed by atoms with E-state index in [2.05, 4.69) is 38.1 Å². The molecule has 0 spiro atoms. The molecule has 0 radical (unpaired) electrons. The van der Waals surface area contributed by atoms with Crippen molar-refractivity contribution < 1.29 is 4.79 Å². The van der Waals surface area contributed by atoms with Crippen molar-refractivity contribution in [3.05, 3.63) is 59.4 Å². The molecule has 94 valence electrons. The Morgan fingerprint density at radius 3 is 2.33 bits per heavy atom. The number of benzene rings is 1. The zero-order chi connectivity index (χ0) is 13.1. The monoisotopic (exact) mass is 241 g/mol. The Balaban J connectivity index is 2.10. The quantitative estimate of drug-likeness (QED) is 0.745. The van der Waals surface area contributed by atoms with E-state index in [-0.39, 0.29) is 5.78 Å². The molecule has 0 saturated carbocycles. The molecular formula is C16H19NO. The highest BCUT2D eigenvalue weighted by atomic mass is 16.1. The molecule has 0 N–H and O–H groups in total. The second kappa shape index (κ2) is 5.21. The van der Waals surface area contributed by atoms with Gasteiger partial charge in [0.2, 0.25) is 0 Å². The molecule has 0 amide bonds. The third-order valence-corrected chi connectivity index (χ3v) is 3.17. The second-order valence-corrected chi connectivity index (χ2v) is 5.02. The maximum Gasteiger partial charge on any atom is 0.161 e. The zero-order valence-corrected chi connectivity index (χ0v) is 11.2. The molecule has 0 bridgehead atoms. The summed E-state index contributed by atoms with van der Waals surface area (Å²) in [5.74, 6) is 0.679. The van der Waals surface area contributed by atoms with Crippen molar-refractivity contribution in [2.24, 2.45) is 0 Å². The van der Waals surface area contributed by atoms with Gasteiger partial charge in [-0.1, -0.05) is 38.1 Å². The normalized spacial score (nSPS) is 10.9. The van der Waals surface area contributed by atoms with Crippen LogP contribution in [0.4, 0.5) is 0 Å². The van der Waals surface area contributed by atoms with Crippen LogP contribution in [0.5, 0.6) is 0 Å². The van der Waals surface area contributed by atoms with Crippen LogP contribution in [0.25, 0.3) is 0 Å². The van der Waals surface area contributed by atoms with Gasteiger partial charge in [-0.2, -0.15) is 0 Å². The molecule has 2 aromatic rings. The molecule has 0 atom stereocenters. The average molecular weight is 241 g/mol. The first-order valence-electron chi connectivity index (χ1n) is 6.32. The Morgan fingerprint density at radius 2 is 1.83 bits per heavy atom. The standard InChI is InChI=1S/C16H19NO/c1-12(2)15-6-4-14(5-7-15)10-17-9-8-16(11-17)13(3)18/h4-9,11-12H,10H2,1-3H3. The average Bonchev–Trinajstić information content (AvgIpc) is 2.78. The van der Waals surface area contributed by atoms with E-state index in [9.17, 15) is 4.79 Å². The fraction of sp³-hybridized carbons (Fsp3) is 0.312. The van der Waals surface area contributed by atoms with Crippen molar-refractivity contribution in [2.45, 2.75) is 33.2 Å². The first-order valence-corrected chi connectivity index (χ1v) is 6.32. The molecule has 1 aromatic carbocycles. The Morgan fingerprint density at radius 1 is 1.17 bits per heavy atom. The minimum Gasteiger partial charge on any atom is -0.349 e. The van der Waals surface area contributed by atoms with E-state index < -0.39 is 0 Å². The Labute approximate surface area is 108 Å². The molecule has 1 aromatic heterocycles. The van der Waals surface area contributed by atoms with Gasteiger partial charge in [-0.05, 0) is 30.0 Å². The van der Waals surface area contributed by atoms with Crippen LogP contribution < -0.4 is 0 Å². The van der Waals surface area contributed by atoms with Crippen LogP contribution in [0.15, 0.2) is 42.7 Å². The lowest BCUT2D eigenvalue weighted by atomic mass is 10.0. The lowest BCUT2D eigenvalue weighted by Crippen LogP contribution is -1.97. The van der Waals surface area contributed by atoms with Crippen LogP contribution in [-0.4, -0.2) is 10.4 Å². The van der Waals surface area contributed by atoms with Crippen LogP contribution in [-0.2, 0) is 6.54 Å². The Kier molecular flexibility index (Phi) is 3.66. The van der Waals surface area contributed by atoms with E-state index >= 15 is 0 Å². The SMILES string of the molecule is CC(=O)c1ccn(Cc2ccc(C(C)C)cc2)c1. The molecule has 0 aliphatic heterocycles. The van der Waals surface area contributed by atoms with E-state index in [4.69, 9.17) is 0 Å². The van der Waals surface area contributed by atoms with Crippen molar-refractivity contribution in [1.29, 1.82) is 0 Å². The van der Waals surface area contributed by atoms with E-state index in [1.165, 1.54) is 11.1 Å². The van der Waals surface area contributed by atoms with Crippen molar-refractivity contribution in [3.8, 4) is 0 Å². The van der Waals surface area contributed by atoms with Crippen LogP contribution in [0.3, 0.4) is 0 Å². The Bertz CT molecular complexity index is 534. The molecule has 2 rings (SSSR count). The van der Waals surface area contributed by atoms with Gasteiger partial charge in [-0.15, -0.1) is 0 Å². The third kappa shape index (κ3) is 2.89. The Hall–Kier alpha value is -1.83. The van der Waals surface area contributed by atoms with Gasteiger partial charge in [0.15, 0.2) is 5.78 Å². The predicted molar refractivity (Wildman–Crippen MR) is 74.1 cm³/mol. The molecule has 2 nitrogen and oxygen atoms in total. The fourth-order valence-corrected chi connectivity index (χ4v) is 1.97. The van der Waals surface area contributed by atoms with Crippen LogP contribution in [0, 0.1) is 0 Å². The number of rotatable bonds is 4. The van der Waals surface area contributed by atoms with Crippen molar-refractivity contribution in [2.75, 3.05) is 0 Å². The summed E-state index contributed by atoms with van der Waals surface area (Å²) in [6, 6.07) is 10.5. The molecule has 0 aliphatic rings. The number of carbonyl (C=O) groups excluding carboxylic acids is 1. The molecule has 1 heterocycles. The smallest absolute Gasteiger partial charge is 0.161 e. The van der Waals surface area contributed by atoms with Crippen molar-refractivity contribution >= 4 is 5.78 Å². The van der Waals surface area contributed by atoms with Crippen molar-refractivity contribution in [3.63, 3.8) is 0 Å². The van der Waals surface area contributed by atoms with E-state index in [1.807, 2.05) is 23.0 Å². The van der Waals surface area contributed by atoms with Crippen LogP contribution >= 0.6 is 0 Å². The second-order valence-electron chi connectivity index (χ2n) is 5.02. The highest BCUT2D eigenvalue weighted by Gasteiger charge is 2.03. The van der Waals surface area contributed by atoms with Gasteiger partial charge in [-0.3, -0.25) is 4.79 Å². The number of aromatic nitrogens is 1. The topological polar surface area (TPSA) is 22.0 Å². The van der Waals surface area contributed by atoms with Crippen LogP contribution in [0.1, 0.15) is 48.2 Å². The highest BCUT2D eigenvalue weighted by Crippen LogP contribution is 2.15. The van der Waals surface area contributed by atoms with Gasteiger partial charge in [0.1, 0.15) is 0 Å². The summed E-state index contributed by atoms with van der Waals surface area (Å²) >= 11 is 0. The molecule has 0 fully saturated rings. The number of ketones is 1. The molecule has 18 heavy (non-hydrogen) atoms. The number of hydrogen-bond donors (Lipinski definition) is 0. The van der Waals surface area contributed by atoms with Gasteiger partial charge in [0.05, 0.1) is 0 Å². The zero-order valence-electron chi connectivity index (χ0n) is 11.2. The predicted octanol–water partition coefficient (Wildman–Crippen LogP) is 3.86. The minimum atomic E-state index is 0.115. The van der Waals surface area contributed by atoms with Crippen molar-refractivity contribution in [1.82, 2.24) is 4.57 Å². The molecule has 0 unspecified atom stereocenters. The van der Waals surface area contributed by atoms with Gasteiger partial charge in [0, 0.05) is 24.5 Å². The molecule has 2 heteroatoms. The number of carbonyl (C=O) groups is 1. The largest absolute Gasteiger partial charge is 0.349 e. The minimum absolute atomic E-state index is 0.115. The first kappa shape index (κ1) is 12.6. The van der Waals surface area contributed by atoms with Gasteiger partial charge in [0.25, 0.3) is 0 Å². The summed E-state index contributed by atoms with van der Waals surface area (Å²) in [5, 5.41) is 0. The number of hydrogen-bond acceptors (Lipinski definition) is 1. The fourth-order valence-electron chi connectivity index (χ4n) is 1.97. The number of nitrogens with zero attached hydrogens (tertiary/aromatic N) is 1. The van der Waals surface area contributed by atoms with E-state index in [1.54, 1.807) is 6.92 Å². The maximum atomic E-state index is 11.2. The summed E-state index contributed by atoms with van der Waals surface area (Å²) in [7, 11) is 0. The third-order valence-electron chi connectivity index (χ3n) is 3.17. The summed E-state index contributed by atoms with van der Waals surface area (Å²) in [6.07, 6.45) is 3.85. The summed E-state index contributed by atoms with van der Waals surface area (Å²) in [5.41, 5.74) is 3.38. The molecule has 0 aliphatic carbocycles. The van der Waals surface area contributed by atoms with E-state index in [0.29, 0.717) is 5.92 Å². The lowest BCUT2D eigenvalue weighted by molar-refractivity contribution is 0.101. The molecule has 0 saturated heterocycles. The number of Topliss-reactive ketones (excluding diaryl/α,β-unsaturated/α-hetero) is 1. The summed E-state index contributed by atoms with van der Waals surface area (Å²) in [4.78, 5) is 11.2. The highest BCUT2D eigenvalue weighted by molar-refractivity contribution is 5.93. The van der Waals surface area contributed by atoms with Gasteiger partial charge in [-0.25, -0.2) is 0 Å². The van der Waals surface area contributed by atoms with Gasteiger partial charge < -0.3 is 4.57 Å².